The summed E-state index contributed by atoms with van der Waals surface area (Å²) in [6.45, 7) is 8.54. The number of rotatable bonds is 11. The molecule has 0 aliphatic rings. The van der Waals surface area contributed by atoms with Crippen molar-refractivity contribution in [3.05, 3.63) is 98.9 Å². The molecule has 39 heavy (non-hydrogen) atoms. The zero-order chi connectivity index (χ0) is 27.9. The monoisotopic (exact) mass is 563 g/mol. The third-order valence-corrected chi connectivity index (χ3v) is 7.34. The number of nitrogens with two attached hydrogens (primary N) is 1. The number of aryl methyl sites for hydroxylation is 1. The van der Waals surface area contributed by atoms with Crippen molar-refractivity contribution in [2.45, 2.75) is 27.0 Å². The fourth-order valence-corrected chi connectivity index (χ4v) is 5.32. The Kier molecular flexibility index (Phi) is 9.19. The van der Waals surface area contributed by atoms with Crippen molar-refractivity contribution < 1.29 is 14.6 Å². The van der Waals surface area contributed by atoms with Crippen LogP contribution in [0.2, 0.25) is 5.02 Å². The summed E-state index contributed by atoms with van der Waals surface area (Å²) in [7, 11) is 0. The van der Waals surface area contributed by atoms with E-state index in [1.54, 1.807) is 17.7 Å². The number of nitrogens with zero attached hydrogens (tertiary/aromatic N) is 3. The molecule has 0 radical (unpaired) electrons. The van der Waals surface area contributed by atoms with Gasteiger partial charge in [0.25, 0.3) is 5.91 Å². The molecule has 4 rings (SSSR count). The minimum Gasteiger partial charge on any atom is -0.489 e. The highest BCUT2D eigenvalue weighted by atomic mass is 35.5. The standard InChI is InChI=1S/C29H30ClN5O3S/c1-4-24(29(37)32-11-12-36)28-27(19(3)31)22(17-39-28)16-38-26-13-21(8-5-18(26)2)25-15-35(34-33-25)14-20-6-9-23(30)10-7-20/h4-10,13,15,17,36H,3,11-12,14,16,31H2,1-2H3,(H,32,37)/b24-4+. The first-order valence-corrected chi connectivity index (χ1v) is 13.6. The molecule has 1 amide bonds. The van der Waals surface area contributed by atoms with Gasteiger partial charge in [0.1, 0.15) is 18.1 Å². The van der Waals surface area contributed by atoms with Crippen LogP contribution < -0.4 is 15.8 Å². The summed E-state index contributed by atoms with van der Waals surface area (Å²) < 4.78 is 8.01. The predicted molar refractivity (Wildman–Crippen MR) is 156 cm³/mol. The van der Waals surface area contributed by atoms with Crippen molar-refractivity contribution in [3.8, 4) is 17.0 Å². The topological polar surface area (TPSA) is 115 Å². The number of ether oxygens (including phenoxy) is 1. The maximum absolute atomic E-state index is 12.6. The molecule has 8 nitrogen and oxygen atoms in total. The van der Waals surface area contributed by atoms with E-state index in [4.69, 9.17) is 27.2 Å². The first-order valence-electron chi connectivity index (χ1n) is 12.3. The fourth-order valence-electron chi connectivity index (χ4n) is 4.04. The van der Waals surface area contributed by atoms with Crippen LogP contribution in [-0.2, 0) is 17.9 Å². The number of halogens is 1. The van der Waals surface area contributed by atoms with Gasteiger partial charge in [0, 0.05) is 38.8 Å². The van der Waals surface area contributed by atoms with Gasteiger partial charge in [-0.2, -0.15) is 0 Å². The van der Waals surface area contributed by atoms with E-state index >= 15 is 0 Å². The summed E-state index contributed by atoms with van der Waals surface area (Å²) in [6.07, 6.45) is 3.62. The van der Waals surface area contributed by atoms with E-state index in [-0.39, 0.29) is 25.7 Å². The molecule has 4 N–H and O–H groups in total. The van der Waals surface area contributed by atoms with Crippen molar-refractivity contribution in [2.75, 3.05) is 13.2 Å². The van der Waals surface area contributed by atoms with Gasteiger partial charge in [0.2, 0.25) is 0 Å². The molecule has 10 heteroatoms. The van der Waals surface area contributed by atoms with Gasteiger partial charge in [-0.15, -0.1) is 16.4 Å². The van der Waals surface area contributed by atoms with Gasteiger partial charge >= 0.3 is 0 Å². The van der Waals surface area contributed by atoms with Crippen LogP contribution in [0.1, 0.15) is 34.1 Å². The molecule has 0 saturated carbocycles. The van der Waals surface area contributed by atoms with E-state index in [9.17, 15) is 4.79 Å². The molecule has 0 bridgehead atoms. The Labute approximate surface area is 236 Å². The highest BCUT2D eigenvalue weighted by molar-refractivity contribution is 7.12. The van der Waals surface area contributed by atoms with Crippen molar-refractivity contribution in [2.24, 2.45) is 5.73 Å². The van der Waals surface area contributed by atoms with Crippen molar-refractivity contribution in [1.29, 1.82) is 0 Å². The largest absolute Gasteiger partial charge is 0.489 e. The minimum absolute atomic E-state index is 0.139. The maximum atomic E-state index is 12.6. The molecule has 202 valence electrons. The second-order valence-corrected chi connectivity index (χ2v) is 10.2. The molecule has 0 unspecified atom stereocenters. The Morgan fingerprint density at radius 2 is 2.05 bits per heavy atom. The van der Waals surface area contributed by atoms with Crippen LogP contribution in [0, 0.1) is 6.92 Å². The lowest BCUT2D eigenvalue weighted by atomic mass is 10.0. The smallest absolute Gasteiger partial charge is 0.252 e. The van der Waals surface area contributed by atoms with Crippen LogP contribution in [0.25, 0.3) is 22.5 Å². The van der Waals surface area contributed by atoms with Gasteiger partial charge in [0.15, 0.2) is 0 Å². The summed E-state index contributed by atoms with van der Waals surface area (Å²) in [5, 5.41) is 23.0. The number of amides is 1. The lowest BCUT2D eigenvalue weighted by Crippen LogP contribution is -2.27. The molecule has 0 spiro atoms. The Hall–Kier alpha value is -3.92. The number of aliphatic hydroxyl groups is 1. The minimum atomic E-state index is -0.281. The molecule has 0 aliphatic heterocycles. The average Bonchev–Trinajstić information content (AvgIpc) is 3.56. The van der Waals surface area contributed by atoms with Crippen LogP contribution in [0.3, 0.4) is 0 Å². The van der Waals surface area contributed by atoms with Gasteiger partial charge in [0.05, 0.1) is 24.9 Å². The molecule has 0 saturated heterocycles. The predicted octanol–water partition coefficient (Wildman–Crippen LogP) is 5.04. The molecule has 0 fully saturated rings. The number of benzene rings is 2. The Morgan fingerprint density at radius 1 is 1.28 bits per heavy atom. The maximum Gasteiger partial charge on any atom is 0.252 e. The Balaban J connectivity index is 1.52. The zero-order valence-corrected chi connectivity index (χ0v) is 23.4. The first-order chi connectivity index (χ1) is 18.8. The highest BCUT2D eigenvalue weighted by Crippen LogP contribution is 2.34. The molecule has 2 aromatic heterocycles. The molecule has 2 heterocycles. The zero-order valence-electron chi connectivity index (χ0n) is 21.8. The number of hydrogen-bond acceptors (Lipinski definition) is 7. The molecule has 0 atom stereocenters. The molecule has 2 aromatic carbocycles. The number of nitrogens with one attached hydrogen (secondary N) is 1. The van der Waals surface area contributed by atoms with Crippen LogP contribution in [0.4, 0.5) is 0 Å². The van der Waals surface area contributed by atoms with Crippen molar-refractivity contribution in [3.63, 3.8) is 0 Å². The number of hydrogen-bond donors (Lipinski definition) is 3. The quantitative estimate of drug-likeness (QED) is 0.220. The third kappa shape index (κ3) is 6.75. The van der Waals surface area contributed by atoms with Crippen LogP contribution in [-0.4, -0.2) is 39.2 Å². The normalized spacial score (nSPS) is 11.4. The Bertz CT molecular complexity index is 1510. The van der Waals surface area contributed by atoms with E-state index in [0.717, 1.165) is 27.9 Å². The van der Waals surface area contributed by atoms with Crippen LogP contribution >= 0.6 is 22.9 Å². The molecule has 0 aliphatic carbocycles. The lowest BCUT2D eigenvalue weighted by Gasteiger charge is -2.13. The van der Waals surface area contributed by atoms with Crippen LogP contribution in [0.5, 0.6) is 5.75 Å². The second kappa shape index (κ2) is 12.8. The van der Waals surface area contributed by atoms with E-state index in [0.29, 0.717) is 39.0 Å². The Morgan fingerprint density at radius 3 is 2.74 bits per heavy atom. The fraction of sp³-hybridized carbons (Fsp3) is 0.207. The SMILES string of the molecule is C=C(N)c1c(COc2cc(-c3cn(Cc4ccc(Cl)cc4)nn3)ccc2C)csc1/C(=C\C)C(=O)NCCO. The number of thiophene rings is 1. The summed E-state index contributed by atoms with van der Waals surface area (Å²) in [4.78, 5) is 13.3. The number of allylic oxidation sites excluding steroid dienone is 1. The van der Waals surface area contributed by atoms with Gasteiger partial charge in [-0.3, -0.25) is 4.79 Å². The molecule has 4 aromatic rings. The summed E-state index contributed by atoms with van der Waals surface area (Å²) >= 11 is 7.38. The molecular formula is C29H30ClN5O3S. The number of carbonyl (C=O) groups excluding carboxylic acids is 1. The van der Waals surface area contributed by atoms with E-state index < -0.39 is 0 Å². The van der Waals surface area contributed by atoms with Gasteiger partial charge in [-0.1, -0.05) is 53.7 Å². The average molecular weight is 564 g/mol. The van der Waals surface area contributed by atoms with Gasteiger partial charge in [-0.05, 0) is 48.6 Å². The second-order valence-electron chi connectivity index (χ2n) is 8.87. The van der Waals surface area contributed by atoms with Gasteiger partial charge in [-0.25, -0.2) is 4.68 Å². The van der Waals surface area contributed by atoms with Crippen LogP contribution in [0.15, 0.2) is 66.7 Å². The lowest BCUT2D eigenvalue weighted by molar-refractivity contribution is -0.115. The van der Waals surface area contributed by atoms with Gasteiger partial charge < -0.3 is 20.9 Å². The summed E-state index contributed by atoms with van der Waals surface area (Å²) in [5.74, 6) is 0.420. The number of aliphatic hydroxyl groups excluding tert-OH is 1. The number of aromatic nitrogens is 3. The van der Waals surface area contributed by atoms with E-state index in [2.05, 4.69) is 22.2 Å². The number of carbonyl (C=O) groups is 1. The summed E-state index contributed by atoms with van der Waals surface area (Å²) in [5.41, 5.74) is 12.1. The first kappa shape index (κ1) is 28.1. The van der Waals surface area contributed by atoms with Crippen molar-refractivity contribution in [1.82, 2.24) is 20.3 Å². The summed E-state index contributed by atoms with van der Waals surface area (Å²) in [6, 6.07) is 13.5. The highest BCUT2D eigenvalue weighted by Gasteiger charge is 2.21. The van der Waals surface area contributed by atoms with Crippen molar-refractivity contribution >= 4 is 40.1 Å². The third-order valence-electron chi connectivity index (χ3n) is 6.03. The van der Waals surface area contributed by atoms with E-state index in [1.807, 2.05) is 61.0 Å². The van der Waals surface area contributed by atoms with E-state index in [1.165, 1.54) is 11.3 Å². The molecular weight excluding hydrogens is 534 g/mol.